The topological polar surface area (TPSA) is 84.9 Å². The molecular formula is C6H7N3O2. The van der Waals surface area contributed by atoms with E-state index in [9.17, 15) is 9.59 Å². The van der Waals surface area contributed by atoms with Crippen LogP contribution in [-0.4, -0.2) is 17.9 Å². The zero-order valence-corrected chi connectivity index (χ0v) is 5.94. The number of nitrogens with zero attached hydrogens (tertiary/aromatic N) is 2. The molecule has 0 aromatic carbocycles. The Labute approximate surface area is 63.0 Å². The highest BCUT2D eigenvalue weighted by Crippen LogP contribution is 2.08. The molecule has 2 N–H and O–H groups in total. The van der Waals surface area contributed by atoms with Crippen LogP contribution in [0.3, 0.4) is 0 Å². The molecular weight excluding hydrogens is 146 g/mol. The third kappa shape index (κ3) is 1.49. The molecule has 0 spiro atoms. The highest BCUT2D eigenvalue weighted by molar-refractivity contribution is 6.18. The molecule has 5 nitrogen and oxygen atoms in total. The summed E-state index contributed by atoms with van der Waals surface area (Å²) in [5.74, 6) is -1.41. The molecule has 1 unspecified atom stereocenters. The lowest BCUT2D eigenvalue weighted by atomic mass is 10.1. The van der Waals surface area contributed by atoms with E-state index in [1.165, 1.54) is 6.08 Å². The lowest BCUT2D eigenvalue weighted by Gasteiger charge is -2.05. The summed E-state index contributed by atoms with van der Waals surface area (Å²) in [4.78, 5) is 21.3. The van der Waals surface area contributed by atoms with Gasteiger partial charge in [0.2, 0.25) is 0 Å². The zero-order valence-electron chi connectivity index (χ0n) is 5.94. The number of carbonyl (C=O) groups is 2. The molecule has 1 heterocycles. The maximum atomic E-state index is 10.8. The van der Waals surface area contributed by atoms with E-state index < -0.39 is 11.8 Å². The summed E-state index contributed by atoms with van der Waals surface area (Å²) in [5.41, 5.74) is 4.81. The van der Waals surface area contributed by atoms with E-state index in [1.807, 2.05) is 0 Å². The molecule has 5 heteroatoms. The van der Waals surface area contributed by atoms with Gasteiger partial charge < -0.3 is 5.73 Å². The third-order valence-electron chi connectivity index (χ3n) is 1.23. The molecule has 1 aliphatic heterocycles. The maximum absolute atomic E-state index is 10.8. The quantitative estimate of drug-likeness (QED) is 0.528. The van der Waals surface area contributed by atoms with Crippen LogP contribution in [0.2, 0.25) is 0 Å². The second-order valence-corrected chi connectivity index (χ2v) is 2.21. The first-order chi connectivity index (χ1) is 5.11. The van der Waals surface area contributed by atoms with E-state index in [0.717, 1.165) is 0 Å². The fourth-order valence-electron chi connectivity index (χ4n) is 0.731. The van der Waals surface area contributed by atoms with Crippen LogP contribution in [0.5, 0.6) is 0 Å². The molecule has 2 amide bonds. The Morgan fingerprint density at radius 2 is 2.36 bits per heavy atom. The van der Waals surface area contributed by atoms with Crippen LogP contribution in [-0.2, 0) is 9.59 Å². The smallest absolute Gasteiger partial charge is 0.300 e. The van der Waals surface area contributed by atoms with Gasteiger partial charge in [-0.15, -0.1) is 5.11 Å². The van der Waals surface area contributed by atoms with E-state index in [0.29, 0.717) is 0 Å². The van der Waals surface area contributed by atoms with Crippen LogP contribution in [0.25, 0.3) is 0 Å². The van der Waals surface area contributed by atoms with Crippen LogP contribution in [0.1, 0.15) is 6.92 Å². The molecule has 0 saturated heterocycles. The Hall–Kier alpha value is -1.52. The average molecular weight is 153 g/mol. The van der Waals surface area contributed by atoms with Gasteiger partial charge in [0.05, 0.1) is 6.04 Å². The van der Waals surface area contributed by atoms with Gasteiger partial charge in [-0.3, -0.25) is 9.59 Å². The van der Waals surface area contributed by atoms with E-state index in [-0.39, 0.29) is 11.6 Å². The molecule has 0 aromatic rings. The van der Waals surface area contributed by atoms with Crippen LogP contribution in [0, 0.1) is 0 Å². The molecule has 0 aromatic heterocycles. The number of hydrogen-bond acceptors (Lipinski definition) is 3. The van der Waals surface area contributed by atoms with Crippen LogP contribution in [0.15, 0.2) is 21.9 Å². The Morgan fingerprint density at radius 1 is 1.73 bits per heavy atom. The van der Waals surface area contributed by atoms with E-state index >= 15 is 0 Å². The minimum atomic E-state index is -0.750. The van der Waals surface area contributed by atoms with Crippen molar-refractivity contribution in [3.63, 3.8) is 0 Å². The van der Waals surface area contributed by atoms with Gasteiger partial charge in [-0.05, 0) is 13.0 Å². The fraction of sp³-hybridized carbons (Fsp3) is 0.333. The second kappa shape index (κ2) is 2.61. The molecule has 1 rings (SSSR count). The molecule has 0 fully saturated rings. The highest BCUT2D eigenvalue weighted by atomic mass is 16.2. The van der Waals surface area contributed by atoms with Gasteiger partial charge in [-0.2, -0.15) is 5.11 Å². The van der Waals surface area contributed by atoms with Gasteiger partial charge in [0.25, 0.3) is 11.8 Å². The Bertz CT molecular complexity index is 267. The number of primary amides is 1. The van der Waals surface area contributed by atoms with E-state index in [1.54, 1.807) is 6.92 Å². The summed E-state index contributed by atoms with van der Waals surface area (Å²) in [6, 6.07) is -0.241. The lowest BCUT2D eigenvalue weighted by Crippen LogP contribution is -2.22. The fourth-order valence-corrected chi connectivity index (χ4v) is 0.731. The Balaban J connectivity index is 2.94. The first-order valence-electron chi connectivity index (χ1n) is 3.08. The maximum Gasteiger partial charge on any atom is 0.300 e. The van der Waals surface area contributed by atoms with Crippen LogP contribution < -0.4 is 5.73 Å². The molecule has 0 bridgehead atoms. The van der Waals surface area contributed by atoms with Crippen molar-refractivity contribution in [2.24, 2.45) is 16.0 Å². The Kier molecular flexibility index (Phi) is 1.80. The van der Waals surface area contributed by atoms with Crippen molar-refractivity contribution in [1.29, 1.82) is 0 Å². The van der Waals surface area contributed by atoms with Crippen molar-refractivity contribution in [2.45, 2.75) is 13.0 Å². The van der Waals surface area contributed by atoms with Gasteiger partial charge in [-0.25, -0.2) is 0 Å². The lowest BCUT2D eigenvalue weighted by molar-refractivity contribution is -0.120. The summed E-state index contributed by atoms with van der Waals surface area (Å²) in [6.45, 7) is 1.71. The molecule has 58 valence electrons. The minimum absolute atomic E-state index is 0.0764. The predicted molar refractivity (Wildman–Crippen MR) is 36.6 cm³/mol. The predicted octanol–water partition coefficient (Wildman–Crippen LogP) is -0.221. The van der Waals surface area contributed by atoms with Gasteiger partial charge in [-0.1, -0.05) is 0 Å². The highest BCUT2D eigenvalue weighted by Gasteiger charge is 2.19. The number of azo groups is 1. The largest absolute Gasteiger partial charge is 0.365 e. The number of carbonyl (C=O) groups excluding carboxylic acids is 2. The molecule has 0 aliphatic carbocycles. The number of rotatable bonds is 1. The standard InChI is InChI=1S/C6H7N3O2/c1-3-2-4(5(7)10)6(11)9-8-3/h2-3H,1H3,(H2,7,10). The summed E-state index contributed by atoms with van der Waals surface area (Å²) in [6.07, 6.45) is 1.40. The van der Waals surface area contributed by atoms with Gasteiger partial charge >= 0.3 is 0 Å². The van der Waals surface area contributed by atoms with Crippen molar-refractivity contribution in [3.8, 4) is 0 Å². The molecule has 1 aliphatic rings. The summed E-state index contributed by atoms with van der Waals surface area (Å²) >= 11 is 0. The normalized spacial score (nSPS) is 23.2. The van der Waals surface area contributed by atoms with Gasteiger partial charge in [0.1, 0.15) is 5.57 Å². The van der Waals surface area contributed by atoms with Crippen molar-refractivity contribution in [1.82, 2.24) is 0 Å². The monoisotopic (exact) mass is 153 g/mol. The SMILES string of the molecule is CC1C=C(C(N)=O)C(=O)N=N1. The minimum Gasteiger partial charge on any atom is -0.365 e. The van der Waals surface area contributed by atoms with Crippen LogP contribution in [0.4, 0.5) is 0 Å². The molecule has 11 heavy (non-hydrogen) atoms. The molecule has 0 radical (unpaired) electrons. The Morgan fingerprint density at radius 3 is 2.82 bits per heavy atom. The van der Waals surface area contributed by atoms with E-state index in [2.05, 4.69) is 10.2 Å². The first-order valence-corrected chi connectivity index (χ1v) is 3.08. The first kappa shape index (κ1) is 7.59. The summed E-state index contributed by atoms with van der Waals surface area (Å²) in [7, 11) is 0. The van der Waals surface area contributed by atoms with Crippen LogP contribution >= 0.6 is 0 Å². The van der Waals surface area contributed by atoms with E-state index in [4.69, 9.17) is 5.73 Å². The van der Waals surface area contributed by atoms with Gasteiger partial charge in [0.15, 0.2) is 0 Å². The van der Waals surface area contributed by atoms with Crippen molar-refractivity contribution in [3.05, 3.63) is 11.6 Å². The zero-order chi connectivity index (χ0) is 8.43. The average Bonchev–Trinajstić information content (AvgIpc) is 1.94. The number of hydrogen-bond donors (Lipinski definition) is 1. The number of nitrogens with two attached hydrogens (primary N) is 1. The van der Waals surface area contributed by atoms with Crippen molar-refractivity contribution >= 4 is 11.8 Å². The summed E-state index contributed by atoms with van der Waals surface area (Å²) < 4.78 is 0. The summed E-state index contributed by atoms with van der Waals surface area (Å²) in [5, 5.41) is 6.77. The molecule has 0 saturated carbocycles. The second-order valence-electron chi connectivity index (χ2n) is 2.21. The van der Waals surface area contributed by atoms with Gasteiger partial charge in [0, 0.05) is 0 Å². The van der Waals surface area contributed by atoms with Crippen molar-refractivity contribution in [2.75, 3.05) is 0 Å². The van der Waals surface area contributed by atoms with Crippen molar-refractivity contribution < 1.29 is 9.59 Å². The third-order valence-corrected chi connectivity index (χ3v) is 1.23. The number of amides is 2. The molecule has 1 atom stereocenters.